The number of aromatic nitrogens is 2. The van der Waals surface area contributed by atoms with E-state index in [0.29, 0.717) is 17.7 Å². The van der Waals surface area contributed by atoms with E-state index in [2.05, 4.69) is 46.7 Å². The Labute approximate surface area is 156 Å². The summed E-state index contributed by atoms with van der Waals surface area (Å²) in [7, 11) is 0. The molecular formula is C22H29N3O. The Balaban J connectivity index is 1.43. The third-order valence-corrected chi connectivity index (χ3v) is 6.11. The van der Waals surface area contributed by atoms with E-state index in [4.69, 9.17) is 4.98 Å². The van der Waals surface area contributed by atoms with E-state index in [9.17, 15) is 4.79 Å². The molecule has 0 spiro atoms. The average molecular weight is 351 g/mol. The van der Waals surface area contributed by atoms with Crippen LogP contribution in [0, 0.1) is 12.8 Å². The van der Waals surface area contributed by atoms with Gasteiger partial charge in [0.25, 0.3) is 0 Å². The highest BCUT2D eigenvalue weighted by molar-refractivity contribution is 5.76. The largest absolute Gasteiger partial charge is 0.342 e. The first kappa shape index (κ1) is 17.3. The van der Waals surface area contributed by atoms with Gasteiger partial charge >= 0.3 is 0 Å². The summed E-state index contributed by atoms with van der Waals surface area (Å²) in [6, 6.07) is 10.5. The van der Waals surface area contributed by atoms with Gasteiger partial charge in [0.1, 0.15) is 5.82 Å². The average Bonchev–Trinajstić information content (AvgIpc) is 3.38. The summed E-state index contributed by atoms with van der Waals surface area (Å²) in [5.74, 6) is 2.49. The molecule has 1 aromatic heterocycles. The van der Waals surface area contributed by atoms with Crippen LogP contribution >= 0.6 is 0 Å². The number of amides is 1. The number of carbonyl (C=O) groups is 1. The van der Waals surface area contributed by atoms with Crippen LogP contribution in [0.15, 0.2) is 36.5 Å². The van der Waals surface area contributed by atoms with Crippen LogP contribution in [0.25, 0.3) is 0 Å². The van der Waals surface area contributed by atoms with Crippen LogP contribution in [-0.2, 0) is 11.3 Å². The van der Waals surface area contributed by atoms with Gasteiger partial charge in [-0.05, 0) is 37.7 Å². The van der Waals surface area contributed by atoms with Gasteiger partial charge < -0.3 is 9.47 Å². The minimum atomic E-state index is 0.359. The van der Waals surface area contributed by atoms with Crippen LogP contribution in [0.3, 0.4) is 0 Å². The minimum Gasteiger partial charge on any atom is -0.342 e. The number of nitrogens with zero attached hydrogens (tertiary/aromatic N) is 3. The molecule has 1 saturated carbocycles. The Morgan fingerprint density at radius 1 is 1.15 bits per heavy atom. The van der Waals surface area contributed by atoms with Crippen molar-refractivity contribution in [1.82, 2.24) is 14.5 Å². The lowest BCUT2D eigenvalue weighted by atomic mass is 10.0. The van der Waals surface area contributed by atoms with Crippen molar-refractivity contribution in [2.45, 2.75) is 57.9 Å². The summed E-state index contributed by atoms with van der Waals surface area (Å²) in [5, 5.41) is 0. The first-order chi connectivity index (χ1) is 12.7. The molecule has 138 valence electrons. The number of carbonyl (C=O) groups excluding carboxylic acids is 1. The van der Waals surface area contributed by atoms with Crippen molar-refractivity contribution >= 4 is 5.91 Å². The second-order valence-corrected chi connectivity index (χ2v) is 8.01. The summed E-state index contributed by atoms with van der Waals surface area (Å²) < 4.78 is 2.32. The third-order valence-electron chi connectivity index (χ3n) is 6.11. The van der Waals surface area contributed by atoms with Crippen molar-refractivity contribution in [2.75, 3.05) is 13.1 Å². The van der Waals surface area contributed by atoms with E-state index < -0.39 is 0 Å². The highest BCUT2D eigenvalue weighted by Gasteiger charge is 2.31. The zero-order valence-corrected chi connectivity index (χ0v) is 15.7. The summed E-state index contributed by atoms with van der Waals surface area (Å²) >= 11 is 0. The lowest BCUT2D eigenvalue weighted by Gasteiger charge is -2.19. The Morgan fingerprint density at radius 3 is 2.69 bits per heavy atom. The lowest BCUT2D eigenvalue weighted by molar-refractivity contribution is -0.131. The minimum absolute atomic E-state index is 0.359. The molecule has 1 amide bonds. The van der Waals surface area contributed by atoms with Crippen molar-refractivity contribution in [2.24, 2.45) is 5.92 Å². The maximum Gasteiger partial charge on any atom is 0.222 e. The van der Waals surface area contributed by atoms with Crippen LogP contribution in [-0.4, -0.2) is 33.4 Å². The molecule has 1 unspecified atom stereocenters. The highest BCUT2D eigenvalue weighted by Crippen LogP contribution is 2.31. The molecule has 4 heteroatoms. The van der Waals surface area contributed by atoms with Crippen LogP contribution in [0.5, 0.6) is 0 Å². The Morgan fingerprint density at radius 2 is 1.92 bits per heavy atom. The van der Waals surface area contributed by atoms with E-state index >= 15 is 0 Å². The lowest BCUT2D eigenvalue weighted by Crippen LogP contribution is -2.30. The van der Waals surface area contributed by atoms with Gasteiger partial charge in [0, 0.05) is 43.9 Å². The summed E-state index contributed by atoms with van der Waals surface area (Å²) in [4.78, 5) is 19.5. The van der Waals surface area contributed by atoms with Crippen molar-refractivity contribution in [1.29, 1.82) is 0 Å². The van der Waals surface area contributed by atoms with Gasteiger partial charge in [-0.3, -0.25) is 4.79 Å². The number of benzene rings is 1. The summed E-state index contributed by atoms with van der Waals surface area (Å²) in [5.41, 5.74) is 2.49. The Bertz CT molecular complexity index is 746. The van der Waals surface area contributed by atoms with Gasteiger partial charge in [0.05, 0.1) is 0 Å². The van der Waals surface area contributed by atoms with Gasteiger partial charge in [-0.25, -0.2) is 4.98 Å². The predicted octanol–water partition coefficient (Wildman–Crippen LogP) is 4.14. The molecule has 1 atom stereocenters. The van der Waals surface area contributed by atoms with Crippen molar-refractivity contribution < 1.29 is 4.79 Å². The molecule has 2 aromatic rings. The number of likely N-dealkylation sites (tertiary alicyclic amines) is 1. The topological polar surface area (TPSA) is 38.1 Å². The maximum absolute atomic E-state index is 12.7. The molecule has 4 nitrogen and oxygen atoms in total. The first-order valence-electron chi connectivity index (χ1n) is 10.0. The van der Waals surface area contributed by atoms with Gasteiger partial charge in [-0.2, -0.15) is 0 Å². The van der Waals surface area contributed by atoms with Crippen LogP contribution in [0.2, 0.25) is 0 Å². The van der Waals surface area contributed by atoms with Crippen molar-refractivity contribution in [3.8, 4) is 0 Å². The molecule has 4 rings (SSSR count). The smallest absolute Gasteiger partial charge is 0.222 e. The third kappa shape index (κ3) is 3.69. The molecule has 2 fully saturated rings. The van der Waals surface area contributed by atoms with E-state index in [1.165, 1.54) is 36.9 Å². The van der Waals surface area contributed by atoms with E-state index in [1.54, 1.807) is 0 Å². The van der Waals surface area contributed by atoms with Gasteiger partial charge in [-0.15, -0.1) is 0 Å². The molecular weight excluding hydrogens is 322 g/mol. The number of imidazole rings is 1. The van der Waals surface area contributed by atoms with Crippen molar-refractivity contribution in [3.05, 3.63) is 53.6 Å². The molecule has 1 saturated heterocycles. The maximum atomic E-state index is 12.7. The number of rotatable bonds is 5. The van der Waals surface area contributed by atoms with Crippen LogP contribution in [0.1, 0.15) is 61.5 Å². The predicted molar refractivity (Wildman–Crippen MR) is 103 cm³/mol. The molecule has 1 aliphatic carbocycles. The molecule has 0 bridgehead atoms. The Kier molecular flexibility index (Phi) is 5.09. The summed E-state index contributed by atoms with van der Waals surface area (Å²) in [6.45, 7) is 4.69. The first-order valence-corrected chi connectivity index (χ1v) is 10.0. The number of hydrogen-bond acceptors (Lipinski definition) is 2. The van der Waals surface area contributed by atoms with Gasteiger partial charge in [0.2, 0.25) is 5.91 Å². The normalized spacial score (nSPS) is 20.8. The molecule has 1 aliphatic heterocycles. The van der Waals surface area contributed by atoms with Crippen LogP contribution < -0.4 is 0 Å². The second-order valence-electron chi connectivity index (χ2n) is 8.01. The van der Waals surface area contributed by atoms with Gasteiger partial charge in [-0.1, -0.05) is 43.2 Å². The van der Waals surface area contributed by atoms with Crippen molar-refractivity contribution in [3.63, 3.8) is 0 Å². The van der Waals surface area contributed by atoms with E-state index in [0.717, 1.165) is 38.3 Å². The zero-order valence-electron chi connectivity index (χ0n) is 15.7. The fourth-order valence-electron chi connectivity index (χ4n) is 4.57. The molecule has 2 aliphatic rings. The van der Waals surface area contributed by atoms with Gasteiger partial charge in [0.15, 0.2) is 0 Å². The Hall–Kier alpha value is -2.10. The fraction of sp³-hybridized carbons (Fsp3) is 0.545. The molecule has 0 N–H and O–H groups in total. The van der Waals surface area contributed by atoms with Crippen LogP contribution in [0.4, 0.5) is 0 Å². The fourth-order valence-corrected chi connectivity index (χ4v) is 4.57. The molecule has 26 heavy (non-hydrogen) atoms. The zero-order chi connectivity index (χ0) is 17.9. The highest BCUT2D eigenvalue weighted by atomic mass is 16.2. The molecule has 0 radical (unpaired) electrons. The van der Waals surface area contributed by atoms with E-state index in [-0.39, 0.29) is 0 Å². The number of aryl methyl sites for hydroxylation is 1. The molecule has 2 heterocycles. The SMILES string of the molecule is Cc1cnc(C2CCN(C(=O)CC3CCCC3)C2)n1Cc1ccccc1. The standard InChI is InChI=1S/C22H29N3O/c1-17-14-23-22(25(17)15-19-9-3-2-4-10-19)20-11-12-24(16-20)21(26)13-18-7-5-6-8-18/h2-4,9-10,14,18,20H,5-8,11-13,15-16H2,1H3. The monoisotopic (exact) mass is 351 g/mol. The molecule has 1 aromatic carbocycles. The van der Waals surface area contributed by atoms with E-state index in [1.807, 2.05) is 6.20 Å². The quantitative estimate of drug-likeness (QED) is 0.812. The number of hydrogen-bond donors (Lipinski definition) is 0. The second kappa shape index (κ2) is 7.65. The summed E-state index contributed by atoms with van der Waals surface area (Å²) in [6.07, 6.45) is 8.84.